The van der Waals surface area contributed by atoms with E-state index in [9.17, 15) is 4.79 Å². The van der Waals surface area contributed by atoms with E-state index in [2.05, 4.69) is 0 Å². The van der Waals surface area contributed by atoms with Gasteiger partial charge in [-0.05, 0) is 68.2 Å². The summed E-state index contributed by atoms with van der Waals surface area (Å²) in [6.07, 6.45) is 8.27. The molecule has 2 fully saturated rings. The molecule has 1 aromatic carbocycles. The van der Waals surface area contributed by atoms with E-state index in [-0.39, 0.29) is 12.0 Å². The minimum absolute atomic E-state index is 0.158. The van der Waals surface area contributed by atoms with Gasteiger partial charge in [0.2, 0.25) is 0 Å². The van der Waals surface area contributed by atoms with Crippen LogP contribution in [-0.2, 0) is 11.2 Å². The van der Waals surface area contributed by atoms with Gasteiger partial charge >= 0.3 is 0 Å². The molecule has 0 unspecified atom stereocenters. The van der Waals surface area contributed by atoms with Gasteiger partial charge in [-0.3, -0.25) is 4.79 Å². The largest absolute Gasteiger partial charge is 0.493 e. The topological polar surface area (TPSA) is 38.8 Å². The summed E-state index contributed by atoms with van der Waals surface area (Å²) in [5.41, 5.74) is 1.98. The average molecular weight is 329 g/mol. The Labute approximate surface area is 144 Å². The Hall–Kier alpha value is -1.55. The van der Waals surface area contributed by atoms with Gasteiger partial charge in [-0.15, -0.1) is 0 Å². The number of benzene rings is 1. The number of hydrogen-bond donors (Lipinski definition) is 0. The maximum Gasteiger partial charge on any atom is 0.253 e. The number of carbonyl (C=O) groups excluding carboxylic acids is 1. The third kappa shape index (κ3) is 3.44. The smallest absolute Gasteiger partial charge is 0.253 e. The van der Waals surface area contributed by atoms with Gasteiger partial charge in [0.05, 0.1) is 12.7 Å². The molecule has 0 aromatic heterocycles. The highest BCUT2D eigenvalue weighted by Gasteiger charge is 2.28. The lowest BCUT2D eigenvalue weighted by atomic mass is 9.85. The van der Waals surface area contributed by atoms with Crippen molar-refractivity contribution in [3.8, 4) is 5.75 Å². The molecule has 4 rings (SSSR count). The predicted octanol–water partition coefficient (Wildman–Crippen LogP) is 3.43. The normalized spacial score (nSPS) is 23.2. The Balaban J connectivity index is 1.50. The Bertz CT molecular complexity index is 591. The van der Waals surface area contributed by atoms with Crippen molar-refractivity contribution in [1.29, 1.82) is 0 Å². The molecule has 0 bridgehead atoms. The number of amides is 1. The first-order valence-corrected chi connectivity index (χ1v) is 9.46. The van der Waals surface area contributed by atoms with E-state index in [1.165, 1.54) is 24.8 Å². The highest BCUT2D eigenvalue weighted by molar-refractivity contribution is 5.94. The van der Waals surface area contributed by atoms with Crippen molar-refractivity contribution >= 4 is 5.91 Å². The Kier molecular flexibility index (Phi) is 4.74. The Morgan fingerprint density at radius 3 is 2.75 bits per heavy atom. The standard InChI is InChI=1S/C20H27NO3/c22-20(17-8-9-19-16(12-17)6-2-11-24-19)21(13-15-4-1-5-15)14-18-7-3-10-23-18/h8-9,12,15,18H,1-7,10-11,13-14H2/t18-/m0/s1. The van der Waals surface area contributed by atoms with Crippen LogP contribution in [-0.4, -0.2) is 43.2 Å². The minimum atomic E-state index is 0.158. The zero-order chi connectivity index (χ0) is 16.4. The molecular formula is C20H27NO3. The monoisotopic (exact) mass is 329 g/mol. The van der Waals surface area contributed by atoms with E-state index in [0.29, 0.717) is 5.92 Å². The van der Waals surface area contributed by atoms with E-state index in [1.807, 2.05) is 23.1 Å². The van der Waals surface area contributed by atoms with Crippen LogP contribution in [0.25, 0.3) is 0 Å². The van der Waals surface area contributed by atoms with Gasteiger partial charge in [-0.1, -0.05) is 6.42 Å². The summed E-state index contributed by atoms with van der Waals surface area (Å²) in [5, 5.41) is 0. The van der Waals surface area contributed by atoms with Crippen LogP contribution >= 0.6 is 0 Å². The number of ether oxygens (including phenoxy) is 2. The van der Waals surface area contributed by atoms with Gasteiger partial charge < -0.3 is 14.4 Å². The van der Waals surface area contributed by atoms with Crippen molar-refractivity contribution in [2.75, 3.05) is 26.3 Å². The fourth-order valence-corrected chi connectivity index (χ4v) is 3.94. The van der Waals surface area contributed by atoms with Crippen LogP contribution < -0.4 is 4.74 Å². The molecule has 4 nitrogen and oxygen atoms in total. The molecule has 1 saturated carbocycles. The number of rotatable bonds is 5. The molecule has 3 aliphatic rings. The van der Waals surface area contributed by atoms with Crippen molar-refractivity contribution in [3.05, 3.63) is 29.3 Å². The third-order valence-corrected chi connectivity index (χ3v) is 5.59. The molecule has 1 saturated heterocycles. The van der Waals surface area contributed by atoms with E-state index in [4.69, 9.17) is 9.47 Å². The first-order valence-electron chi connectivity index (χ1n) is 9.46. The highest BCUT2D eigenvalue weighted by atomic mass is 16.5. The summed E-state index contributed by atoms with van der Waals surface area (Å²) in [6, 6.07) is 5.94. The predicted molar refractivity (Wildman–Crippen MR) is 92.5 cm³/mol. The van der Waals surface area contributed by atoms with Crippen molar-refractivity contribution in [2.24, 2.45) is 5.92 Å². The molecular weight excluding hydrogens is 302 g/mol. The van der Waals surface area contributed by atoms with E-state index < -0.39 is 0 Å². The number of aryl methyl sites for hydroxylation is 1. The quantitative estimate of drug-likeness (QED) is 0.831. The molecule has 2 heterocycles. The van der Waals surface area contributed by atoms with Gasteiger partial charge in [-0.2, -0.15) is 0 Å². The van der Waals surface area contributed by atoms with Gasteiger partial charge in [0.25, 0.3) is 5.91 Å². The molecule has 2 aliphatic heterocycles. The zero-order valence-electron chi connectivity index (χ0n) is 14.3. The summed E-state index contributed by atoms with van der Waals surface area (Å²) in [7, 11) is 0. The summed E-state index contributed by atoms with van der Waals surface area (Å²) in [4.78, 5) is 15.2. The van der Waals surface area contributed by atoms with Crippen molar-refractivity contribution < 1.29 is 14.3 Å². The van der Waals surface area contributed by atoms with Gasteiger partial charge in [0.1, 0.15) is 5.75 Å². The number of fused-ring (bicyclic) bond motifs is 1. The van der Waals surface area contributed by atoms with Crippen molar-refractivity contribution in [2.45, 2.75) is 51.0 Å². The van der Waals surface area contributed by atoms with Crippen LogP contribution in [0.1, 0.15) is 54.4 Å². The summed E-state index contributed by atoms with van der Waals surface area (Å²) >= 11 is 0. The first-order chi connectivity index (χ1) is 11.8. The lowest BCUT2D eigenvalue weighted by Crippen LogP contribution is -2.41. The Morgan fingerprint density at radius 1 is 1.08 bits per heavy atom. The van der Waals surface area contributed by atoms with E-state index in [1.54, 1.807) is 0 Å². The van der Waals surface area contributed by atoms with Crippen LogP contribution in [0.2, 0.25) is 0 Å². The lowest BCUT2D eigenvalue weighted by Gasteiger charge is -2.34. The van der Waals surface area contributed by atoms with E-state index in [0.717, 1.165) is 63.3 Å². The van der Waals surface area contributed by atoms with Crippen LogP contribution in [0.5, 0.6) is 5.75 Å². The SMILES string of the molecule is O=C(c1ccc2c(c1)CCCO2)N(CC1CCC1)C[C@@H]1CCCO1. The Morgan fingerprint density at radius 2 is 2.00 bits per heavy atom. The van der Waals surface area contributed by atoms with E-state index >= 15 is 0 Å². The molecule has 1 atom stereocenters. The maximum absolute atomic E-state index is 13.1. The first kappa shape index (κ1) is 15.9. The van der Waals surface area contributed by atoms with Gasteiger partial charge in [0.15, 0.2) is 0 Å². The molecule has 1 aliphatic carbocycles. The van der Waals surface area contributed by atoms with Crippen LogP contribution in [0.15, 0.2) is 18.2 Å². The zero-order valence-corrected chi connectivity index (χ0v) is 14.3. The van der Waals surface area contributed by atoms with Crippen molar-refractivity contribution in [1.82, 2.24) is 4.90 Å². The minimum Gasteiger partial charge on any atom is -0.493 e. The number of hydrogen-bond acceptors (Lipinski definition) is 3. The van der Waals surface area contributed by atoms with Gasteiger partial charge in [0, 0.05) is 25.3 Å². The van der Waals surface area contributed by atoms with Gasteiger partial charge in [-0.25, -0.2) is 0 Å². The van der Waals surface area contributed by atoms with Crippen LogP contribution in [0.4, 0.5) is 0 Å². The van der Waals surface area contributed by atoms with Crippen molar-refractivity contribution in [3.63, 3.8) is 0 Å². The second-order valence-corrected chi connectivity index (χ2v) is 7.42. The number of nitrogens with zero attached hydrogens (tertiary/aromatic N) is 1. The van der Waals surface area contributed by atoms with Crippen LogP contribution in [0, 0.1) is 5.92 Å². The number of carbonyl (C=O) groups is 1. The molecule has 24 heavy (non-hydrogen) atoms. The summed E-state index contributed by atoms with van der Waals surface area (Å²) in [5.74, 6) is 1.78. The summed E-state index contributed by atoms with van der Waals surface area (Å²) < 4.78 is 11.5. The maximum atomic E-state index is 13.1. The molecule has 0 radical (unpaired) electrons. The fourth-order valence-electron chi connectivity index (χ4n) is 3.94. The molecule has 130 valence electrons. The third-order valence-electron chi connectivity index (χ3n) is 5.59. The lowest BCUT2D eigenvalue weighted by molar-refractivity contribution is 0.0448. The highest BCUT2D eigenvalue weighted by Crippen LogP contribution is 2.30. The second-order valence-electron chi connectivity index (χ2n) is 7.42. The molecule has 4 heteroatoms. The fraction of sp³-hybridized carbons (Fsp3) is 0.650. The molecule has 1 aromatic rings. The van der Waals surface area contributed by atoms with Crippen LogP contribution in [0.3, 0.4) is 0 Å². The molecule has 0 N–H and O–H groups in total. The summed E-state index contributed by atoms with van der Waals surface area (Å²) in [6.45, 7) is 3.24. The second kappa shape index (κ2) is 7.14. The average Bonchev–Trinajstić information content (AvgIpc) is 3.09. The molecule has 1 amide bonds. The molecule has 0 spiro atoms.